The summed E-state index contributed by atoms with van der Waals surface area (Å²) in [7, 11) is 0. The van der Waals surface area contributed by atoms with Gasteiger partial charge in [-0.05, 0) is 24.3 Å². The maximum absolute atomic E-state index is 12.6. The van der Waals surface area contributed by atoms with Crippen LogP contribution in [0, 0.1) is 11.8 Å². The van der Waals surface area contributed by atoms with Gasteiger partial charge in [-0.3, -0.25) is 4.79 Å². The van der Waals surface area contributed by atoms with Crippen molar-refractivity contribution in [3.05, 3.63) is 35.9 Å². The van der Waals surface area contributed by atoms with Gasteiger partial charge in [0, 0.05) is 5.92 Å². The number of nitrogens with one attached hydrogen (secondary N) is 1. The Morgan fingerprint density at radius 1 is 1.24 bits per heavy atom. The Labute approximate surface area is 124 Å². The minimum Gasteiger partial charge on any atom is -0.480 e. The fraction of sp³-hybridized carbons (Fsp3) is 0.500. The predicted octanol–water partition coefficient (Wildman–Crippen LogP) is 2.43. The van der Waals surface area contributed by atoms with E-state index >= 15 is 0 Å². The van der Waals surface area contributed by atoms with Crippen LogP contribution in [0.15, 0.2) is 30.3 Å². The van der Waals surface area contributed by atoms with Crippen molar-refractivity contribution in [2.45, 2.75) is 32.7 Å². The zero-order valence-electron chi connectivity index (χ0n) is 12.4. The van der Waals surface area contributed by atoms with Crippen LogP contribution in [0.1, 0.15) is 25.8 Å². The predicted molar refractivity (Wildman–Crippen MR) is 78.6 cm³/mol. The third kappa shape index (κ3) is 5.94. The lowest BCUT2D eigenvalue weighted by Crippen LogP contribution is -2.45. The van der Waals surface area contributed by atoms with Gasteiger partial charge in [0.25, 0.3) is 0 Å². The molecule has 116 valence electrons. The minimum absolute atomic E-state index is 0.290. The van der Waals surface area contributed by atoms with Gasteiger partial charge in [-0.2, -0.15) is 0 Å². The van der Waals surface area contributed by atoms with Crippen LogP contribution in [-0.4, -0.2) is 29.7 Å². The van der Waals surface area contributed by atoms with E-state index in [4.69, 9.17) is 5.11 Å². The van der Waals surface area contributed by atoms with Crippen molar-refractivity contribution in [2.24, 2.45) is 11.8 Å². The Hall–Kier alpha value is -1.91. The molecule has 2 N–H and O–H groups in total. The van der Waals surface area contributed by atoms with Gasteiger partial charge in [0.1, 0.15) is 6.67 Å². The van der Waals surface area contributed by atoms with Crippen LogP contribution in [0.25, 0.3) is 0 Å². The summed E-state index contributed by atoms with van der Waals surface area (Å²) in [6.07, 6.45) is 1.14. The molecule has 0 radical (unpaired) electrons. The molecule has 0 aliphatic carbocycles. The van der Waals surface area contributed by atoms with Gasteiger partial charge in [0.05, 0.1) is 0 Å². The summed E-state index contributed by atoms with van der Waals surface area (Å²) < 4.78 is 12.6. The highest BCUT2D eigenvalue weighted by molar-refractivity contribution is 5.85. The number of rotatable bonds is 8. The van der Waals surface area contributed by atoms with E-state index in [-0.39, 0.29) is 11.8 Å². The highest BCUT2D eigenvalue weighted by Gasteiger charge is 2.26. The first-order valence-corrected chi connectivity index (χ1v) is 7.07. The second kappa shape index (κ2) is 8.39. The molecule has 0 saturated carbocycles. The second-order valence-electron chi connectivity index (χ2n) is 5.57. The number of amides is 1. The van der Waals surface area contributed by atoms with E-state index in [1.54, 1.807) is 0 Å². The van der Waals surface area contributed by atoms with Crippen molar-refractivity contribution in [1.82, 2.24) is 5.32 Å². The summed E-state index contributed by atoms with van der Waals surface area (Å²) >= 11 is 0. The van der Waals surface area contributed by atoms with E-state index in [1.807, 2.05) is 44.2 Å². The van der Waals surface area contributed by atoms with Crippen molar-refractivity contribution in [1.29, 1.82) is 0 Å². The molecular weight excluding hydrogens is 273 g/mol. The van der Waals surface area contributed by atoms with E-state index in [1.165, 1.54) is 0 Å². The summed E-state index contributed by atoms with van der Waals surface area (Å²) in [4.78, 5) is 23.0. The van der Waals surface area contributed by atoms with Crippen LogP contribution >= 0.6 is 0 Å². The van der Waals surface area contributed by atoms with Gasteiger partial charge >= 0.3 is 5.97 Å². The number of carbonyl (C=O) groups is 2. The summed E-state index contributed by atoms with van der Waals surface area (Å²) in [6, 6.07) is 8.05. The van der Waals surface area contributed by atoms with Crippen molar-refractivity contribution in [2.75, 3.05) is 6.67 Å². The van der Waals surface area contributed by atoms with Gasteiger partial charge < -0.3 is 10.4 Å². The molecule has 0 saturated heterocycles. The molecule has 1 aromatic carbocycles. The van der Waals surface area contributed by atoms with Crippen LogP contribution in [0.4, 0.5) is 4.39 Å². The molecule has 1 unspecified atom stereocenters. The second-order valence-corrected chi connectivity index (χ2v) is 5.57. The molecule has 0 fully saturated rings. The maximum Gasteiger partial charge on any atom is 0.328 e. The van der Waals surface area contributed by atoms with E-state index < -0.39 is 24.6 Å². The molecule has 2 atom stereocenters. The normalized spacial score (nSPS) is 13.7. The summed E-state index contributed by atoms with van der Waals surface area (Å²) in [5.74, 6) is -1.83. The first-order valence-electron chi connectivity index (χ1n) is 7.07. The highest BCUT2D eigenvalue weighted by Crippen LogP contribution is 2.18. The maximum atomic E-state index is 12.6. The largest absolute Gasteiger partial charge is 0.480 e. The molecule has 0 aliphatic rings. The van der Waals surface area contributed by atoms with Crippen molar-refractivity contribution >= 4 is 11.9 Å². The van der Waals surface area contributed by atoms with Gasteiger partial charge in [0.15, 0.2) is 6.04 Å². The Balaban J connectivity index is 2.76. The Bertz CT molecular complexity index is 462. The van der Waals surface area contributed by atoms with Gasteiger partial charge in [-0.25, -0.2) is 9.18 Å². The van der Waals surface area contributed by atoms with Crippen LogP contribution in [0.3, 0.4) is 0 Å². The third-order valence-corrected chi connectivity index (χ3v) is 3.22. The van der Waals surface area contributed by atoms with Gasteiger partial charge in [-0.1, -0.05) is 44.2 Å². The average molecular weight is 295 g/mol. The Morgan fingerprint density at radius 3 is 2.33 bits per heavy atom. The third-order valence-electron chi connectivity index (χ3n) is 3.22. The zero-order chi connectivity index (χ0) is 15.8. The molecule has 1 rings (SSSR count). The molecule has 21 heavy (non-hydrogen) atoms. The molecular formula is C16H22FNO3. The quantitative estimate of drug-likeness (QED) is 0.774. The minimum atomic E-state index is -1.47. The van der Waals surface area contributed by atoms with E-state index in [0.29, 0.717) is 12.8 Å². The number of carboxylic acid groups (broad SMARTS) is 1. The molecule has 5 heteroatoms. The number of halogens is 1. The molecule has 4 nitrogen and oxygen atoms in total. The fourth-order valence-corrected chi connectivity index (χ4v) is 2.21. The zero-order valence-corrected chi connectivity index (χ0v) is 12.4. The van der Waals surface area contributed by atoms with Crippen molar-refractivity contribution in [3.63, 3.8) is 0 Å². The number of carboxylic acids is 1. The first kappa shape index (κ1) is 17.1. The van der Waals surface area contributed by atoms with Crippen LogP contribution in [-0.2, 0) is 16.0 Å². The number of hydrogen-bond donors (Lipinski definition) is 2. The fourth-order valence-electron chi connectivity index (χ4n) is 2.21. The SMILES string of the molecule is CC(C)CC(Cc1ccccc1)C(=O)N[C@H](CF)C(=O)O. The molecule has 0 heterocycles. The van der Waals surface area contributed by atoms with Gasteiger partial charge in [0.2, 0.25) is 5.91 Å². The average Bonchev–Trinajstić information content (AvgIpc) is 2.44. The molecule has 0 aliphatic heterocycles. The van der Waals surface area contributed by atoms with Crippen LogP contribution < -0.4 is 5.32 Å². The topological polar surface area (TPSA) is 66.4 Å². The lowest BCUT2D eigenvalue weighted by Gasteiger charge is -2.20. The van der Waals surface area contributed by atoms with E-state index in [2.05, 4.69) is 5.32 Å². The monoisotopic (exact) mass is 295 g/mol. The lowest BCUT2D eigenvalue weighted by molar-refractivity contribution is -0.143. The number of benzene rings is 1. The highest BCUT2D eigenvalue weighted by atomic mass is 19.1. The van der Waals surface area contributed by atoms with Crippen LogP contribution in [0.5, 0.6) is 0 Å². The smallest absolute Gasteiger partial charge is 0.328 e. The standard InChI is InChI=1S/C16H22FNO3/c1-11(2)8-13(9-12-6-4-3-5-7-12)15(19)18-14(10-17)16(20)21/h3-7,11,13-14H,8-10H2,1-2H3,(H,18,19)(H,20,21)/t13?,14-/m1/s1. The van der Waals surface area contributed by atoms with Crippen molar-refractivity contribution < 1.29 is 19.1 Å². The molecule has 0 bridgehead atoms. The number of hydrogen-bond acceptors (Lipinski definition) is 2. The van der Waals surface area contributed by atoms with E-state index in [0.717, 1.165) is 5.56 Å². The molecule has 1 aromatic rings. The Morgan fingerprint density at radius 2 is 1.86 bits per heavy atom. The molecule has 0 spiro atoms. The van der Waals surface area contributed by atoms with E-state index in [9.17, 15) is 14.0 Å². The molecule has 1 amide bonds. The number of alkyl halides is 1. The number of carbonyl (C=O) groups excluding carboxylic acids is 1. The van der Waals surface area contributed by atoms with Crippen LogP contribution in [0.2, 0.25) is 0 Å². The summed E-state index contributed by atoms with van der Waals surface area (Å²) in [5, 5.41) is 11.1. The lowest BCUT2D eigenvalue weighted by atomic mass is 9.90. The summed E-state index contributed by atoms with van der Waals surface area (Å²) in [5.41, 5.74) is 1.01. The van der Waals surface area contributed by atoms with Crippen molar-refractivity contribution in [3.8, 4) is 0 Å². The van der Waals surface area contributed by atoms with Gasteiger partial charge in [-0.15, -0.1) is 0 Å². The first-order chi connectivity index (χ1) is 9.93. The number of aliphatic carboxylic acids is 1. The summed E-state index contributed by atoms with van der Waals surface area (Å²) in [6.45, 7) is 2.88. The molecule has 0 aromatic heterocycles. The Kier molecular flexibility index (Phi) is 6.85.